The first-order valence-corrected chi connectivity index (χ1v) is 9.54. The van der Waals surface area contributed by atoms with E-state index in [1.807, 2.05) is 24.3 Å². The fourth-order valence-electron chi connectivity index (χ4n) is 3.24. The number of hydrogen-bond acceptors (Lipinski definition) is 3. The van der Waals surface area contributed by atoms with Gasteiger partial charge in [0.05, 0.1) is 24.2 Å². The van der Waals surface area contributed by atoms with Crippen molar-refractivity contribution in [2.45, 2.75) is 40.3 Å². The largest absolute Gasteiger partial charge is 0.493 e. The molecular formula is C23H27N3O2. The number of para-hydroxylation sites is 3. The van der Waals surface area contributed by atoms with Gasteiger partial charge in [0, 0.05) is 12.1 Å². The molecule has 0 unspecified atom stereocenters. The van der Waals surface area contributed by atoms with Gasteiger partial charge in [0.2, 0.25) is 5.91 Å². The Morgan fingerprint density at radius 2 is 1.86 bits per heavy atom. The molecule has 1 heterocycles. The zero-order chi connectivity index (χ0) is 20.1. The highest BCUT2D eigenvalue weighted by Crippen LogP contribution is 2.23. The third-order valence-corrected chi connectivity index (χ3v) is 4.71. The quantitative estimate of drug-likeness (QED) is 0.470. The van der Waals surface area contributed by atoms with Gasteiger partial charge in [-0.25, -0.2) is 4.98 Å². The lowest BCUT2D eigenvalue weighted by Crippen LogP contribution is -2.25. The Bertz CT molecular complexity index is 984. The Morgan fingerprint density at radius 1 is 1.14 bits per heavy atom. The van der Waals surface area contributed by atoms with E-state index in [1.165, 1.54) is 0 Å². The van der Waals surface area contributed by atoms with E-state index in [0.717, 1.165) is 46.7 Å². The molecule has 0 fully saturated rings. The number of fused-ring (bicyclic) bond motifs is 1. The molecule has 0 bridgehead atoms. The van der Waals surface area contributed by atoms with Crippen molar-refractivity contribution >= 4 is 16.9 Å². The van der Waals surface area contributed by atoms with Crippen LogP contribution in [0.3, 0.4) is 0 Å². The summed E-state index contributed by atoms with van der Waals surface area (Å²) in [6, 6.07) is 14.2. The number of ether oxygens (including phenoxy) is 1. The summed E-state index contributed by atoms with van der Waals surface area (Å²) in [4.78, 5) is 16.5. The van der Waals surface area contributed by atoms with Crippen molar-refractivity contribution in [3.8, 4) is 5.75 Å². The molecule has 1 N–H and O–H groups in total. The van der Waals surface area contributed by atoms with Crippen LogP contribution in [0, 0.1) is 13.8 Å². The zero-order valence-electron chi connectivity index (χ0n) is 16.8. The number of nitrogens with zero attached hydrogens (tertiary/aromatic N) is 2. The highest BCUT2D eigenvalue weighted by atomic mass is 16.5. The van der Waals surface area contributed by atoms with Gasteiger partial charge in [-0.1, -0.05) is 36.9 Å². The van der Waals surface area contributed by atoms with E-state index in [0.29, 0.717) is 18.7 Å². The Labute approximate surface area is 166 Å². The van der Waals surface area contributed by atoms with E-state index in [4.69, 9.17) is 4.74 Å². The van der Waals surface area contributed by atoms with Gasteiger partial charge in [0.1, 0.15) is 11.6 Å². The normalized spacial score (nSPS) is 10.8. The van der Waals surface area contributed by atoms with E-state index < -0.39 is 0 Å². The Hall–Kier alpha value is -3.08. The van der Waals surface area contributed by atoms with Gasteiger partial charge in [-0.3, -0.25) is 4.79 Å². The standard InChI is InChI=1S/C23H27N3O2/c1-16(2)23(27)24-15-21-25-19-11-5-6-12-20(19)26(21)13-8-14-28-22-17(3)9-7-10-18(22)4/h5-7,9-12H,1,8,13-15H2,2-4H3,(H,24,27). The molecule has 1 amide bonds. The maximum atomic E-state index is 11.9. The monoisotopic (exact) mass is 377 g/mol. The van der Waals surface area contributed by atoms with Crippen LogP contribution in [0.25, 0.3) is 11.0 Å². The minimum atomic E-state index is -0.156. The van der Waals surface area contributed by atoms with Crippen LogP contribution < -0.4 is 10.1 Å². The van der Waals surface area contributed by atoms with Crippen LogP contribution in [0.4, 0.5) is 0 Å². The lowest BCUT2D eigenvalue weighted by molar-refractivity contribution is -0.117. The number of carbonyl (C=O) groups is 1. The maximum absolute atomic E-state index is 11.9. The molecule has 0 saturated heterocycles. The highest BCUT2D eigenvalue weighted by molar-refractivity contribution is 5.92. The van der Waals surface area contributed by atoms with Crippen LogP contribution >= 0.6 is 0 Å². The number of amides is 1. The Morgan fingerprint density at radius 3 is 2.57 bits per heavy atom. The van der Waals surface area contributed by atoms with Crippen LogP contribution in [-0.4, -0.2) is 22.1 Å². The first-order chi connectivity index (χ1) is 13.5. The lowest BCUT2D eigenvalue weighted by atomic mass is 10.1. The molecule has 0 aliphatic carbocycles. The molecular weight excluding hydrogens is 350 g/mol. The average molecular weight is 377 g/mol. The Balaban J connectivity index is 1.70. The lowest BCUT2D eigenvalue weighted by Gasteiger charge is -2.13. The maximum Gasteiger partial charge on any atom is 0.246 e. The number of aromatic nitrogens is 2. The highest BCUT2D eigenvalue weighted by Gasteiger charge is 2.12. The summed E-state index contributed by atoms with van der Waals surface area (Å²) in [5.74, 6) is 1.65. The van der Waals surface area contributed by atoms with Gasteiger partial charge in [-0.15, -0.1) is 0 Å². The number of imidazole rings is 1. The average Bonchev–Trinajstić information content (AvgIpc) is 3.02. The summed E-state index contributed by atoms with van der Waals surface area (Å²) in [5, 5.41) is 2.88. The molecule has 0 saturated carbocycles. The van der Waals surface area contributed by atoms with Crippen LogP contribution in [0.15, 0.2) is 54.6 Å². The summed E-state index contributed by atoms with van der Waals surface area (Å²) in [6.45, 7) is 11.3. The minimum Gasteiger partial charge on any atom is -0.493 e. The predicted molar refractivity (Wildman–Crippen MR) is 112 cm³/mol. The number of rotatable bonds is 8. The third kappa shape index (κ3) is 4.42. The molecule has 28 heavy (non-hydrogen) atoms. The number of hydrogen-bond donors (Lipinski definition) is 1. The number of benzene rings is 2. The zero-order valence-corrected chi connectivity index (χ0v) is 16.8. The van der Waals surface area contributed by atoms with Crippen LogP contribution in [0.5, 0.6) is 5.75 Å². The number of carbonyl (C=O) groups excluding carboxylic acids is 1. The van der Waals surface area contributed by atoms with E-state index in [2.05, 4.69) is 53.5 Å². The van der Waals surface area contributed by atoms with Gasteiger partial charge >= 0.3 is 0 Å². The molecule has 3 aromatic rings. The predicted octanol–water partition coefficient (Wildman–Crippen LogP) is 4.31. The molecule has 3 rings (SSSR count). The van der Waals surface area contributed by atoms with Crippen molar-refractivity contribution in [1.29, 1.82) is 0 Å². The second-order valence-electron chi connectivity index (χ2n) is 7.05. The van der Waals surface area contributed by atoms with Gasteiger partial charge in [0.15, 0.2) is 0 Å². The van der Waals surface area contributed by atoms with Crippen LogP contribution in [-0.2, 0) is 17.9 Å². The smallest absolute Gasteiger partial charge is 0.246 e. The van der Waals surface area contributed by atoms with Crippen molar-refractivity contribution in [2.24, 2.45) is 0 Å². The van der Waals surface area contributed by atoms with E-state index in [-0.39, 0.29) is 5.91 Å². The van der Waals surface area contributed by atoms with Crippen molar-refractivity contribution in [1.82, 2.24) is 14.9 Å². The molecule has 2 aromatic carbocycles. The van der Waals surface area contributed by atoms with Gasteiger partial charge in [0.25, 0.3) is 0 Å². The van der Waals surface area contributed by atoms with Gasteiger partial charge < -0.3 is 14.6 Å². The van der Waals surface area contributed by atoms with Crippen LogP contribution in [0.2, 0.25) is 0 Å². The second-order valence-corrected chi connectivity index (χ2v) is 7.05. The molecule has 5 nitrogen and oxygen atoms in total. The topological polar surface area (TPSA) is 56.2 Å². The van der Waals surface area contributed by atoms with Gasteiger partial charge in [-0.2, -0.15) is 0 Å². The van der Waals surface area contributed by atoms with E-state index in [9.17, 15) is 4.79 Å². The van der Waals surface area contributed by atoms with Crippen LogP contribution in [0.1, 0.15) is 30.3 Å². The number of aryl methyl sites for hydroxylation is 3. The first kappa shape index (κ1) is 19.7. The fourth-order valence-corrected chi connectivity index (χ4v) is 3.24. The van der Waals surface area contributed by atoms with Crippen molar-refractivity contribution in [3.63, 3.8) is 0 Å². The van der Waals surface area contributed by atoms with Crippen molar-refractivity contribution < 1.29 is 9.53 Å². The van der Waals surface area contributed by atoms with Crippen molar-refractivity contribution in [3.05, 3.63) is 71.6 Å². The molecule has 146 valence electrons. The summed E-state index contributed by atoms with van der Waals surface area (Å²) < 4.78 is 8.19. The van der Waals surface area contributed by atoms with E-state index >= 15 is 0 Å². The second kappa shape index (κ2) is 8.74. The fraction of sp³-hybridized carbons (Fsp3) is 0.304. The first-order valence-electron chi connectivity index (χ1n) is 9.54. The molecule has 0 radical (unpaired) electrons. The number of nitrogens with one attached hydrogen (secondary N) is 1. The summed E-state index contributed by atoms with van der Waals surface area (Å²) in [7, 11) is 0. The summed E-state index contributed by atoms with van der Waals surface area (Å²) in [5.41, 5.74) is 4.78. The van der Waals surface area contributed by atoms with Gasteiger partial charge in [-0.05, 0) is 50.5 Å². The third-order valence-electron chi connectivity index (χ3n) is 4.71. The van der Waals surface area contributed by atoms with E-state index in [1.54, 1.807) is 6.92 Å². The molecule has 0 aliphatic heterocycles. The molecule has 0 spiro atoms. The molecule has 0 aliphatic rings. The Kier molecular flexibility index (Phi) is 6.14. The van der Waals surface area contributed by atoms with Crippen molar-refractivity contribution in [2.75, 3.05) is 6.61 Å². The molecule has 5 heteroatoms. The SMILES string of the molecule is C=C(C)C(=O)NCc1nc2ccccc2n1CCCOc1c(C)cccc1C. The minimum absolute atomic E-state index is 0.156. The molecule has 0 atom stereocenters. The summed E-state index contributed by atoms with van der Waals surface area (Å²) >= 11 is 0. The molecule has 1 aromatic heterocycles. The summed E-state index contributed by atoms with van der Waals surface area (Å²) in [6.07, 6.45) is 0.843.